The molecule has 1 aromatic rings. The van der Waals surface area contributed by atoms with E-state index in [-0.39, 0.29) is 41.3 Å². The smallest absolute Gasteiger partial charge is 0.191 e. The molecule has 2 heterocycles. The molecule has 2 aliphatic heterocycles. The van der Waals surface area contributed by atoms with Crippen LogP contribution in [0.2, 0.25) is 0 Å². The molecule has 2 saturated heterocycles. The lowest BCUT2D eigenvalue weighted by Gasteiger charge is -2.38. The van der Waals surface area contributed by atoms with E-state index in [9.17, 15) is 4.39 Å². The molecule has 6 nitrogen and oxygen atoms in total. The summed E-state index contributed by atoms with van der Waals surface area (Å²) in [6.45, 7) is 5.22. The minimum absolute atomic E-state index is 0. The van der Waals surface area contributed by atoms with Gasteiger partial charge in [-0.1, -0.05) is 12.1 Å². The summed E-state index contributed by atoms with van der Waals surface area (Å²) in [4.78, 5) is 4.33. The lowest BCUT2D eigenvalue weighted by molar-refractivity contribution is 0.0168. The van der Waals surface area contributed by atoms with E-state index in [0.29, 0.717) is 26.4 Å². The first kappa shape index (κ1) is 25.3. The third-order valence-electron chi connectivity index (χ3n) is 5.81. The molecule has 170 valence electrons. The highest BCUT2D eigenvalue weighted by Gasteiger charge is 2.34. The van der Waals surface area contributed by atoms with Crippen molar-refractivity contribution in [2.24, 2.45) is 4.99 Å². The monoisotopic (exact) mass is 535 g/mol. The highest BCUT2D eigenvalue weighted by molar-refractivity contribution is 14.0. The Hall–Kier alpha value is -0.970. The van der Waals surface area contributed by atoms with Gasteiger partial charge in [-0.3, -0.25) is 4.99 Å². The first-order valence-corrected chi connectivity index (χ1v) is 10.7. The molecular weight excluding hydrogens is 500 g/mol. The van der Waals surface area contributed by atoms with Crippen LogP contribution in [0.4, 0.5) is 4.39 Å². The summed E-state index contributed by atoms with van der Waals surface area (Å²) in [6, 6.07) is 6.86. The van der Waals surface area contributed by atoms with Gasteiger partial charge in [-0.15, -0.1) is 24.0 Å². The first-order valence-electron chi connectivity index (χ1n) is 10.7. The fourth-order valence-corrected chi connectivity index (χ4v) is 3.98. The third-order valence-corrected chi connectivity index (χ3v) is 5.81. The number of nitrogens with one attached hydrogen (secondary N) is 2. The van der Waals surface area contributed by atoms with Crippen LogP contribution in [0.3, 0.4) is 0 Å². The fraction of sp³-hybridized carbons (Fsp3) is 0.682. The summed E-state index contributed by atoms with van der Waals surface area (Å²) in [7, 11) is 1.78. The van der Waals surface area contributed by atoms with E-state index in [1.807, 2.05) is 12.1 Å². The minimum atomic E-state index is -0.205. The number of hydrogen-bond acceptors (Lipinski definition) is 4. The number of ether oxygens (including phenoxy) is 3. The van der Waals surface area contributed by atoms with E-state index >= 15 is 0 Å². The molecule has 0 bridgehead atoms. The highest BCUT2D eigenvalue weighted by atomic mass is 127. The van der Waals surface area contributed by atoms with E-state index in [0.717, 1.165) is 63.3 Å². The zero-order valence-electron chi connectivity index (χ0n) is 17.8. The maximum atomic E-state index is 13.4. The molecule has 1 atom stereocenters. The summed E-state index contributed by atoms with van der Waals surface area (Å²) in [5.41, 5.74) is 1.07. The van der Waals surface area contributed by atoms with E-state index in [4.69, 9.17) is 14.2 Å². The predicted octanol–water partition coefficient (Wildman–Crippen LogP) is 3.24. The second-order valence-corrected chi connectivity index (χ2v) is 7.82. The van der Waals surface area contributed by atoms with Gasteiger partial charge >= 0.3 is 0 Å². The van der Waals surface area contributed by atoms with Gasteiger partial charge in [0.1, 0.15) is 5.82 Å². The van der Waals surface area contributed by atoms with Crippen LogP contribution < -0.4 is 10.6 Å². The number of rotatable bonds is 9. The lowest BCUT2D eigenvalue weighted by Crippen LogP contribution is -2.48. The molecule has 3 rings (SSSR count). The first-order chi connectivity index (χ1) is 14.2. The maximum absolute atomic E-state index is 13.4. The second-order valence-electron chi connectivity index (χ2n) is 7.82. The van der Waals surface area contributed by atoms with Crippen LogP contribution in [0.1, 0.15) is 37.7 Å². The van der Waals surface area contributed by atoms with Gasteiger partial charge in [-0.25, -0.2) is 4.39 Å². The Labute approximate surface area is 196 Å². The average molecular weight is 535 g/mol. The zero-order valence-corrected chi connectivity index (χ0v) is 20.2. The van der Waals surface area contributed by atoms with E-state index in [1.54, 1.807) is 7.05 Å². The Morgan fingerprint density at radius 1 is 1.20 bits per heavy atom. The number of nitrogens with zero attached hydrogens (tertiary/aromatic N) is 1. The SMILES string of the molecule is CN=C(NCCCOCC1CCCO1)NCC1(c2ccc(F)cc2)CCOCC1.I. The van der Waals surface area contributed by atoms with Gasteiger partial charge in [-0.2, -0.15) is 0 Å². The van der Waals surface area contributed by atoms with Gasteiger partial charge in [0.2, 0.25) is 0 Å². The summed E-state index contributed by atoms with van der Waals surface area (Å²) in [5.74, 6) is 0.570. The van der Waals surface area contributed by atoms with Crippen molar-refractivity contribution in [2.45, 2.75) is 43.6 Å². The normalized spacial score (nSPS) is 21.1. The van der Waals surface area contributed by atoms with Crippen LogP contribution in [0.5, 0.6) is 0 Å². The number of benzene rings is 1. The number of hydrogen-bond donors (Lipinski definition) is 2. The minimum Gasteiger partial charge on any atom is -0.381 e. The molecule has 0 aromatic heterocycles. The van der Waals surface area contributed by atoms with Crippen molar-refractivity contribution in [3.8, 4) is 0 Å². The molecule has 2 fully saturated rings. The maximum Gasteiger partial charge on any atom is 0.191 e. The molecule has 0 saturated carbocycles. The molecule has 8 heteroatoms. The Kier molecular flexibility index (Phi) is 11.3. The molecule has 0 amide bonds. The van der Waals surface area contributed by atoms with Crippen molar-refractivity contribution in [1.82, 2.24) is 10.6 Å². The van der Waals surface area contributed by atoms with Crippen LogP contribution >= 0.6 is 24.0 Å². The van der Waals surface area contributed by atoms with Crippen LogP contribution in [0, 0.1) is 5.82 Å². The summed E-state index contributed by atoms with van der Waals surface area (Å²) in [6.07, 6.45) is 5.24. The molecule has 0 spiro atoms. The summed E-state index contributed by atoms with van der Waals surface area (Å²) in [5, 5.41) is 6.81. The van der Waals surface area contributed by atoms with E-state index in [2.05, 4.69) is 15.6 Å². The Bertz CT molecular complexity index is 633. The predicted molar refractivity (Wildman–Crippen MR) is 127 cm³/mol. The molecule has 0 aliphatic carbocycles. The van der Waals surface area contributed by atoms with Crippen LogP contribution in [0.25, 0.3) is 0 Å². The van der Waals surface area contributed by atoms with E-state index in [1.165, 1.54) is 12.1 Å². The Balaban J connectivity index is 0.00000320. The molecule has 30 heavy (non-hydrogen) atoms. The van der Waals surface area contributed by atoms with Crippen LogP contribution in [-0.4, -0.2) is 65.2 Å². The quantitative estimate of drug-likeness (QED) is 0.220. The largest absolute Gasteiger partial charge is 0.381 e. The standard InChI is InChI=1S/C22H34FN3O3.HI/c1-24-21(25-11-3-12-28-16-20-4-2-13-29-20)26-17-22(9-14-27-15-10-22)18-5-7-19(23)8-6-18;/h5-8,20H,2-4,9-17H2,1H3,(H2,24,25,26);1H. The van der Waals surface area contributed by atoms with Gasteiger partial charge in [0, 0.05) is 52.0 Å². The summed E-state index contributed by atoms with van der Waals surface area (Å²) >= 11 is 0. The molecule has 1 unspecified atom stereocenters. The molecule has 0 radical (unpaired) electrons. The number of aliphatic imine (C=N–C) groups is 1. The van der Waals surface area contributed by atoms with Gasteiger partial charge in [0.05, 0.1) is 12.7 Å². The number of halogens is 2. The van der Waals surface area contributed by atoms with Gasteiger partial charge in [-0.05, 0) is 49.8 Å². The van der Waals surface area contributed by atoms with Crippen LogP contribution in [-0.2, 0) is 19.6 Å². The topological polar surface area (TPSA) is 64.1 Å². The van der Waals surface area contributed by atoms with Crippen molar-refractivity contribution < 1.29 is 18.6 Å². The van der Waals surface area contributed by atoms with Gasteiger partial charge in [0.25, 0.3) is 0 Å². The van der Waals surface area contributed by atoms with Crippen molar-refractivity contribution in [3.63, 3.8) is 0 Å². The van der Waals surface area contributed by atoms with Crippen molar-refractivity contribution in [3.05, 3.63) is 35.6 Å². The molecule has 2 N–H and O–H groups in total. The van der Waals surface area contributed by atoms with Gasteiger partial charge in [0.15, 0.2) is 5.96 Å². The highest BCUT2D eigenvalue weighted by Crippen LogP contribution is 2.34. The second kappa shape index (κ2) is 13.4. The molecular formula is C22H35FIN3O3. The zero-order chi connectivity index (χ0) is 20.4. The summed E-state index contributed by atoms with van der Waals surface area (Å²) < 4.78 is 30.2. The number of guanidine groups is 1. The van der Waals surface area contributed by atoms with E-state index < -0.39 is 0 Å². The average Bonchev–Trinajstić information content (AvgIpc) is 3.27. The van der Waals surface area contributed by atoms with Gasteiger partial charge < -0.3 is 24.8 Å². The van der Waals surface area contributed by atoms with Crippen molar-refractivity contribution >= 4 is 29.9 Å². The lowest BCUT2D eigenvalue weighted by atomic mass is 9.74. The Morgan fingerprint density at radius 2 is 1.97 bits per heavy atom. The Morgan fingerprint density at radius 3 is 2.63 bits per heavy atom. The van der Waals surface area contributed by atoms with Crippen LogP contribution in [0.15, 0.2) is 29.3 Å². The van der Waals surface area contributed by atoms with Crippen molar-refractivity contribution in [2.75, 3.05) is 53.2 Å². The molecule has 1 aromatic carbocycles. The molecule has 2 aliphatic rings. The fourth-order valence-electron chi connectivity index (χ4n) is 3.98. The third kappa shape index (κ3) is 7.62. The van der Waals surface area contributed by atoms with Crippen molar-refractivity contribution in [1.29, 1.82) is 0 Å².